The van der Waals surface area contributed by atoms with Crippen LogP contribution in [0.5, 0.6) is 0 Å². The number of aromatic nitrogens is 4. The molecule has 0 aliphatic heterocycles. The number of nitrogens with zero attached hydrogens (tertiary/aromatic N) is 4. The monoisotopic (exact) mass is 458 g/mol. The highest BCUT2D eigenvalue weighted by molar-refractivity contribution is 5.87. The van der Waals surface area contributed by atoms with Crippen LogP contribution in [0.2, 0.25) is 0 Å². The molecule has 2 saturated carbocycles. The number of aliphatic hydroxyl groups excluding tert-OH is 2. The quantitative estimate of drug-likeness (QED) is 0.336. The molecule has 0 bridgehead atoms. The standard InChI is InChI=1S/C26H30N6O2/c1-27-25-19-10-11-32(26(19)29-14-28-25)21-13-17(23(33)24(21)34)5-3-15-2-4-16-6-9-22(30-18-7-8-18)31-20(16)12-15/h2,4,6,9-12,14,17-18,21,23-24,33-34H,3,5,7-8,13H2,1H3,(H,30,31)(H,27,28,29)/t17-,21+,23+,24-/m0/s1. The van der Waals surface area contributed by atoms with Crippen LogP contribution in [0.3, 0.4) is 0 Å². The van der Waals surface area contributed by atoms with E-state index in [1.807, 2.05) is 29.9 Å². The Balaban J connectivity index is 1.18. The fourth-order valence-corrected chi connectivity index (χ4v) is 5.29. The summed E-state index contributed by atoms with van der Waals surface area (Å²) in [6.45, 7) is 0. The van der Waals surface area contributed by atoms with Crippen molar-refractivity contribution in [3.05, 3.63) is 54.5 Å². The molecule has 1 aromatic carbocycles. The van der Waals surface area contributed by atoms with Gasteiger partial charge in [-0.2, -0.15) is 0 Å². The molecule has 2 aliphatic carbocycles. The first kappa shape index (κ1) is 21.3. The van der Waals surface area contributed by atoms with Gasteiger partial charge in [-0.3, -0.25) is 0 Å². The largest absolute Gasteiger partial charge is 0.390 e. The molecule has 34 heavy (non-hydrogen) atoms. The lowest BCUT2D eigenvalue weighted by atomic mass is 9.95. The normalized spacial score (nSPS) is 24.7. The summed E-state index contributed by atoms with van der Waals surface area (Å²) < 4.78 is 1.99. The summed E-state index contributed by atoms with van der Waals surface area (Å²) in [5.74, 6) is 1.71. The molecule has 8 nitrogen and oxygen atoms in total. The smallest absolute Gasteiger partial charge is 0.145 e. The Morgan fingerprint density at radius 1 is 1.06 bits per heavy atom. The molecule has 4 atom stereocenters. The molecular formula is C26H30N6O2. The zero-order chi connectivity index (χ0) is 23.2. The Labute approximate surface area is 198 Å². The summed E-state index contributed by atoms with van der Waals surface area (Å²) in [5, 5.41) is 30.3. The minimum absolute atomic E-state index is 0.00887. The van der Waals surface area contributed by atoms with Crippen molar-refractivity contribution in [3.8, 4) is 0 Å². The van der Waals surface area contributed by atoms with E-state index in [1.54, 1.807) is 0 Å². The van der Waals surface area contributed by atoms with Crippen molar-refractivity contribution in [1.29, 1.82) is 0 Å². The second-order valence-corrected chi connectivity index (χ2v) is 9.66. The third kappa shape index (κ3) is 3.86. The lowest BCUT2D eigenvalue weighted by molar-refractivity contribution is 0.00545. The summed E-state index contributed by atoms with van der Waals surface area (Å²) in [4.78, 5) is 13.5. The van der Waals surface area contributed by atoms with Crippen LogP contribution in [0.15, 0.2) is 48.9 Å². The van der Waals surface area contributed by atoms with Crippen molar-refractivity contribution < 1.29 is 10.2 Å². The number of hydrogen-bond donors (Lipinski definition) is 4. The van der Waals surface area contributed by atoms with Crippen LogP contribution in [0.25, 0.3) is 21.9 Å². The molecule has 2 fully saturated rings. The number of fused-ring (bicyclic) bond motifs is 2. The molecule has 4 aromatic rings. The van der Waals surface area contributed by atoms with Gasteiger partial charge in [0.2, 0.25) is 0 Å². The summed E-state index contributed by atoms with van der Waals surface area (Å²) in [6, 6.07) is 12.9. The Morgan fingerprint density at radius 2 is 1.91 bits per heavy atom. The molecule has 2 aliphatic rings. The average molecular weight is 459 g/mol. The van der Waals surface area contributed by atoms with Crippen molar-refractivity contribution >= 4 is 33.6 Å². The number of benzene rings is 1. The SMILES string of the molecule is CNc1ncnc2c1ccn2[C@@H]1C[C@H](CCc2ccc3ccc(NC4CC4)nc3c2)[C@@H](O)[C@H]1O. The van der Waals surface area contributed by atoms with Gasteiger partial charge < -0.3 is 25.4 Å². The molecule has 176 valence electrons. The zero-order valence-electron chi connectivity index (χ0n) is 19.2. The molecule has 0 saturated heterocycles. The summed E-state index contributed by atoms with van der Waals surface area (Å²) in [5.41, 5.74) is 2.96. The van der Waals surface area contributed by atoms with Crippen LogP contribution in [0, 0.1) is 5.92 Å². The highest BCUT2D eigenvalue weighted by Gasteiger charge is 2.42. The Bertz CT molecular complexity index is 1330. The number of rotatable bonds is 7. The van der Waals surface area contributed by atoms with Gasteiger partial charge in [0.15, 0.2) is 0 Å². The van der Waals surface area contributed by atoms with Crippen molar-refractivity contribution in [2.45, 2.75) is 56.4 Å². The Morgan fingerprint density at radius 3 is 2.74 bits per heavy atom. The topological polar surface area (TPSA) is 108 Å². The van der Waals surface area contributed by atoms with Gasteiger partial charge in [0.25, 0.3) is 0 Å². The number of aryl methyl sites for hydroxylation is 1. The second kappa shape index (κ2) is 8.52. The van der Waals surface area contributed by atoms with Crippen LogP contribution in [-0.2, 0) is 6.42 Å². The highest BCUT2D eigenvalue weighted by Crippen LogP contribution is 2.40. The van der Waals surface area contributed by atoms with Crippen molar-refractivity contribution in [3.63, 3.8) is 0 Å². The van der Waals surface area contributed by atoms with Crippen molar-refractivity contribution in [1.82, 2.24) is 19.5 Å². The number of anilines is 2. The van der Waals surface area contributed by atoms with E-state index >= 15 is 0 Å². The summed E-state index contributed by atoms with van der Waals surface area (Å²) >= 11 is 0. The fourth-order valence-electron chi connectivity index (χ4n) is 5.29. The first-order valence-corrected chi connectivity index (χ1v) is 12.1. The highest BCUT2D eigenvalue weighted by atomic mass is 16.3. The number of pyridine rings is 1. The van der Waals surface area contributed by atoms with E-state index in [2.05, 4.69) is 44.9 Å². The number of nitrogens with one attached hydrogen (secondary N) is 2. The maximum absolute atomic E-state index is 10.9. The van der Waals surface area contributed by atoms with E-state index in [-0.39, 0.29) is 12.0 Å². The van der Waals surface area contributed by atoms with Crippen LogP contribution >= 0.6 is 0 Å². The van der Waals surface area contributed by atoms with E-state index in [4.69, 9.17) is 4.98 Å². The van der Waals surface area contributed by atoms with Crippen LogP contribution in [0.4, 0.5) is 11.6 Å². The predicted molar refractivity (Wildman–Crippen MR) is 133 cm³/mol. The molecule has 4 N–H and O–H groups in total. The first-order chi connectivity index (χ1) is 16.6. The number of aliphatic hydroxyl groups is 2. The van der Waals surface area contributed by atoms with Gasteiger partial charge in [-0.25, -0.2) is 15.0 Å². The van der Waals surface area contributed by atoms with Gasteiger partial charge in [-0.1, -0.05) is 12.1 Å². The van der Waals surface area contributed by atoms with E-state index in [0.29, 0.717) is 12.5 Å². The molecule has 3 aromatic heterocycles. The molecule has 0 unspecified atom stereocenters. The molecule has 3 heterocycles. The average Bonchev–Trinajstić information content (AvgIpc) is 3.50. The van der Waals surface area contributed by atoms with Gasteiger partial charge in [0.05, 0.1) is 23.0 Å². The van der Waals surface area contributed by atoms with Gasteiger partial charge in [-0.05, 0) is 67.9 Å². The fraction of sp³-hybridized carbons (Fsp3) is 0.423. The minimum atomic E-state index is -0.831. The maximum atomic E-state index is 10.9. The third-order valence-corrected chi connectivity index (χ3v) is 7.36. The summed E-state index contributed by atoms with van der Waals surface area (Å²) in [7, 11) is 1.83. The van der Waals surface area contributed by atoms with E-state index in [9.17, 15) is 10.2 Å². The molecule has 0 amide bonds. The van der Waals surface area contributed by atoms with E-state index in [0.717, 1.165) is 46.4 Å². The van der Waals surface area contributed by atoms with Crippen molar-refractivity contribution in [2.24, 2.45) is 5.92 Å². The van der Waals surface area contributed by atoms with Crippen molar-refractivity contribution in [2.75, 3.05) is 17.7 Å². The van der Waals surface area contributed by atoms with E-state index in [1.165, 1.54) is 24.7 Å². The van der Waals surface area contributed by atoms with Gasteiger partial charge in [0, 0.05) is 24.7 Å². The molecule has 0 radical (unpaired) electrons. The Hall–Kier alpha value is -3.23. The maximum Gasteiger partial charge on any atom is 0.145 e. The predicted octanol–water partition coefficient (Wildman–Crippen LogP) is 3.51. The number of hydrogen-bond acceptors (Lipinski definition) is 7. The van der Waals surface area contributed by atoms with Gasteiger partial charge in [0.1, 0.15) is 29.7 Å². The minimum Gasteiger partial charge on any atom is -0.390 e. The molecule has 0 spiro atoms. The summed E-state index contributed by atoms with van der Waals surface area (Å²) in [6.07, 6.45) is 6.64. The van der Waals surface area contributed by atoms with Gasteiger partial charge >= 0.3 is 0 Å². The molecule has 6 rings (SSSR count). The molecular weight excluding hydrogens is 428 g/mol. The lowest BCUT2D eigenvalue weighted by Crippen LogP contribution is -2.29. The zero-order valence-corrected chi connectivity index (χ0v) is 19.2. The van der Waals surface area contributed by atoms with Gasteiger partial charge in [-0.15, -0.1) is 0 Å². The lowest BCUT2D eigenvalue weighted by Gasteiger charge is -2.19. The first-order valence-electron chi connectivity index (χ1n) is 12.1. The van der Waals surface area contributed by atoms with Crippen LogP contribution in [-0.4, -0.2) is 55.0 Å². The van der Waals surface area contributed by atoms with Crippen LogP contribution in [0.1, 0.15) is 37.3 Å². The molecule has 8 heteroatoms. The third-order valence-electron chi connectivity index (χ3n) is 7.36. The van der Waals surface area contributed by atoms with E-state index < -0.39 is 12.2 Å². The van der Waals surface area contributed by atoms with Crippen LogP contribution < -0.4 is 10.6 Å². The Kier molecular flexibility index (Phi) is 5.34. The second-order valence-electron chi connectivity index (χ2n) is 9.66.